The van der Waals surface area contributed by atoms with Gasteiger partial charge in [0.2, 0.25) is 5.91 Å². The maximum Gasteiger partial charge on any atom is 0.234 e. The van der Waals surface area contributed by atoms with Gasteiger partial charge in [0, 0.05) is 29.3 Å². The molecular formula is C23H21N5O2S. The van der Waals surface area contributed by atoms with Gasteiger partial charge in [-0.2, -0.15) is 0 Å². The van der Waals surface area contributed by atoms with Crippen molar-refractivity contribution in [1.29, 1.82) is 0 Å². The molecule has 7 nitrogen and oxygen atoms in total. The summed E-state index contributed by atoms with van der Waals surface area (Å²) in [6.45, 7) is 1.99. The van der Waals surface area contributed by atoms with E-state index in [9.17, 15) is 4.79 Å². The highest BCUT2D eigenvalue weighted by Gasteiger charge is 2.17. The quantitative estimate of drug-likeness (QED) is 0.438. The number of ether oxygens (including phenoxy) is 1. The molecular weight excluding hydrogens is 410 g/mol. The molecule has 0 saturated heterocycles. The Morgan fingerprint density at radius 1 is 1.06 bits per heavy atom. The third kappa shape index (κ3) is 4.92. The Bertz CT molecular complexity index is 1180. The first kappa shape index (κ1) is 20.6. The molecule has 4 rings (SSSR count). The number of methoxy groups -OCH3 is 1. The fourth-order valence-corrected chi connectivity index (χ4v) is 3.82. The topological polar surface area (TPSA) is 81.9 Å². The smallest absolute Gasteiger partial charge is 0.234 e. The molecule has 0 aliphatic carbocycles. The molecule has 4 aromatic rings. The highest BCUT2D eigenvalue weighted by molar-refractivity contribution is 7.99. The minimum Gasteiger partial charge on any atom is -0.497 e. The van der Waals surface area contributed by atoms with Crippen LogP contribution in [0.25, 0.3) is 17.1 Å². The first-order valence-electron chi connectivity index (χ1n) is 9.63. The summed E-state index contributed by atoms with van der Waals surface area (Å²) in [6, 6.07) is 19.1. The van der Waals surface area contributed by atoms with Crippen LogP contribution >= 0.6 is 11.8 Å². The van der Waals surface area contributed by atoms with Gasteiger partial charge in [-0.15, -0.1) is 10.2 Å². The lowest BCUT2D eigenvalue weighted by atomic mass is 10.2. The zero-order valence-electron chi connectivity index (χ0n) is 17.1. The number of hydrogen-bond acceptors (Lipinski definition) is 6. The average Bonchev–Trinajstić information content (AvgIpc) is 3.22. The number of benzene rings is 2. The molecule has 8 heteroatoms. The summed E-state index contributed by atoms with van der Waals surface area (Å²) < 4.78 is 7.20. The van der Waals surface area contributed by atoms with Crippen LogP contribution in [0.1, 0.15) is 5.56 Å². The zero-order chi connectivity index (χ0) is 21.6. The van der Waals surface area contributed by atoms with Crippen LogP contribution in [0.15, 0.2) is 78.2 Å². The molecule has 0 aliphatic heterocycles. The Balaban J connectivity index is 1.59. The highest BCUT2D eigenvalue weighted by atomic mass is 32.2. The second-order valence-electron chi connectivity index (χ2n) is 6.78. The summed E-state index contributed by atoms with van der Waals surface area (Å²) in [5.41, 5.74) is 3.62. The number of carbonyl (C=O) groups is 1. The van der Waals surface area contributed by atoms with Crippen LogP contribution < -0.4 is 10.1 Å². The van der Waals surface area contributed by atoms with Crippen LogP contribution in [0.4, 0.5) is 5.69 Å². The molecule has 0 atom stereocenters. The molecule has 0 radical (unpaired) electrons. The summed E-state index contributed by atoms with van der Waals surface area (Å²) in [4.78, 5) is 16.6. The van der Waals surface area contributed by atoms with E-state index in [0.717, 1.165) is 28.3 Å². The minimum absolute atomic E-state index is 0.106. The standard InChI is InChI=1S/C23H21N5O2S/c1-16-4-3-5-18(14-16)25-21(29)15-31-23-27-26-22(17-10-12-24-13-11-17)28(23)19-6-8-20(30-2)9-7-19/h3-14H,15H2,1-2H3,(H,25,29). The second-order valence-corrected chi connectivity index (χ2v) is 7.72. The fraction of sp³-hybridized carbons (Fsp3) is 0.130. The van der Waals surface area contributed by atoms with Crippen molar-refractivity contribution >= 4 is 23.4 Å². The molecule has 0 fully saturated rings. The number of nitrogens with one attached hydrogen (secondary N) is 1. The Kier molecular flexibility index (Phi) is 6.28. The zero-order valence-corrected chi connectivity index (χ0v) is 18.0. The number of amides is 1. The van der Waals surface area contributed by atoms with Gasteiger partial charge in [0.1, 0.15) is 5.75 Å². The van der Waals surface area contributed by atoms with Crippen molar-refractivity contribution in [3.63, 3.8) is 0 Å². The van der Waals surface area contributed by atoms with Crippen molar-refractivity contribution in [2.24, 2.45) is 0 Å². The molecule has 2 aromatic carbocycles. The van der Waals surface area contributed by atoms with Crippen molar-refractivity contribution in [3.8, 4) is 22.8 Å². The van der Waals surface area contributed by atoms with E-state index in [2.05, 4.69) is 20.5 Å². The third-order valence-electron chi connectivity index (χ3n) is 4.54. The second kappa shape index (κ2) is 9.44. The lowest BCUT2D eigenvalue weighted by Crippen LogP contribution is -2.14. The summed E-state index contributed by atoms with van der Waals surface area (Å²) in [5, 5.41) is 12.3. The van der Waals surface area contributed by atoms with E-state index >= 15 is 0 Å². The maximum absolute atomic E-state index is 12.5. The average molecular weight is 432 g/mol. The number of carbonyl (C=O) groups excluding carboxylic acids is 1. The third-order valence-corrected chi connectivity index (χ3v) is 5.47. The summed E-state index contributed by atoms with van der Waals surface area (Å²) in [7, 11) is 1.63. The van der Waals surface area contributed by atoms with Gasteiger partial charge in [0.05, 0.1) is 12.9 Å². The first-order valence-corrected chi connectivity index (χ1v) is 10.6. The Labute approximate surface area is 184 Å². The highest BCUT2D eigenvalue weighted by Crippen LogP contribution is 2.28. The van der Waals surface area contributed by atoms with Gasteiger partial charge in [-0.05, 0) is 61.0 Å². The van der Waals surface area contributed by atoms with E-state index in [0.29, 0.717) is 11.0 Å². The molecule has 0 unspecified atom stereocenters. The van der Waals surface area contributed by atoms with Gasteiger partial charge in [-0.25, -0.2) is 0 Å². The van der Waals surface area contributed by atoms with E-state index in [-0.39, 0.29) is 11.7 Å². The van der Waals surface area contributed by atoms with Crippen LogP contribution in [-0.4, -0.2) is 38.5 Å². The predicted octanol–water partition coefficient (Wildman–Crippen LogP) is 4.38. The Morgan fingerprint density at radius 2 is 1.84 bits per heavy atom. The predicted molar refractivity (Wildman–Crippen MR) is 122 cm³/mol. The van der Waals surface area contributed by atoms with Crippen molar-refractivity contribution in [1.82, 2.24) is 19.7 Å². The number of pyridine rings is 1. The van der Waals surface area contributed by atoms with Crippen LogP contribution in [0, 0.1) is 6.92 Å². The number of aryl methyl sites for hydroxylation is 1. The van der Waals surface area contributed by atoms with E-state index < -0.39 is 0 Å². The SMILES string of the molecule is COc1ccc(-n2c(SCC(=O)Nc3cccc(C)c3)nnc2-c2ccncc2)cc1. The van der Waals surface area contributed by atoms with Crippen LogP contribution in [0.2, 0.25) is 0 Å². The van der Waals surface area contributed by atoms with Gasteiger partial charge in [0.25, 0.3) is 0 Å². The molecule has 0 aliphatic rings. The Hall–Kier alpha value is -3.65. The number of hydrogen-bond donors (Lipinski definition) is 1. The molecule has 1 amide bonds. The number of anilines is 1. The van der Waals surface area contributed by atoms with E-state index in [1.807, 2.05) is 72.2 Å². The van der Waals surface area contributed by atoms with Crippen LogP contribution in [-0.2, 0) is 4.79 Å². The number of thioether (sulfide) groups is 1. The van der Waals surface area contributed by atoms with Gasteiger partial charge in [-0.1, -0.05) is 23.9 Å². The van der Waals surface area contributed by atoms with Crippen molar-refractivity contribution in [3.05, 3.63) is 78.6 Å². The number of aromatic nitrogens is 4. The van der Waals surface area contributed by atoms with Crippen molar-refractivity contribution < 1.29 is 9.53 Å². The lowest BCUT2D eigenvalue weighted by molar-refractivity contribution is -0.113. The first-order chi connectivity index (χ1) is 15.1. The monoisotopic (exact) mass is 431 g/mol. The van der Waals surface area contributed by atoms with Crippen molar-refractivity contribution in [2.45, 2.75) is 12.1 Å². The molecule has 2 heterocycles. The van der Waals surface area contributed by atoms with Crippen LogP contribution in [0.3, 0.4) is 0 Å². The number of rotatable bonds is 7. The minimum atomic E-state index is -0.106. The maximum atomic E-state index is 12.5. The molecule has 31 heavy (non-hydrogen) atoms. The van der Waals surface area contributed by atoms with E-state index in [1.54, 1.807) is 19.5 Å². The Morgan fingerprint density at radius 3 is 2.55 bits per heavy atom. The van der Waals surface area contributed by atoms with Crippen LogP contribution in [0.5, 0.6) is 5.75 Å². The van der Waals surface area contributed by atoms with Gasteiger partial charge in [0.15, 0.2) is 11.0 Å². The summed E-state index contributed by atoms with van der Waals surface area (Å²) in [5.74, 6) is 1.53. The van der Waals surface area contributed by atoms with Crippen molar-refractivity contribution in [2.75, 3.05) is 18.2 Å². The van der Waals surface area contributed by atoms with E-state index in [1.165, 1.54) is 11.8 Å². The molecule has 0 bridgehead atoms. The number of nitrogens with zero attached hydrogens (tertiary/aromatic N) is 4. The molecule has 0 spiro atoms. The summed E-state index contributed by atoms with van der Waals surface area (Å²) in [6.07, 6.45) is 3.43. The normalized spacial score (nSPS) is 10.6. The molecule has 0 saturated carbocycles. The van der Waals surface area contributed by atoms with E-state index in [4.69, 9.17) is 4.74 Å². The largest absolute Gasteiger partial charge is 0.497 e. The lowest BCUT2D eigenvalue weighted by Gasteiger charge is -2.11. The molecule has 156 valence electrons. The van der Waals surface area contributed by atoms with Gasteiger partial charge >= 0.3 is 0 Å². The fourth-order valence-electron chi connectivity index (χ4n) is 3.07. The van der Waals surface area contributed by atoms with Gasteiger partial charge in [-0.3, -0.25) is 14.3 Å². The van der Waals surface area contributed by atoms with Gasteiger partial charge < -0.3 is 10.1 Å². The molecule has 1 N–H and O–H groups in total. The summed E-state index contributed by atoms with van der Waals surface area (Å²) >= 11 is 1.33. The molecule has 2 aromatic heterocycles.